The van der Waals surface area contributed by atoms with Crippen LogP contribution in [0, 0.1) is 12.7 Å². The Hall–Kier alpha value is -3.46. The minimum absolute atomic E-state index is 0.240. The molecule has 1 saturated carbocycles. The summed E-state index contributed by atoms with van der Waals surface area (Å²) in [5, 5.41) is 1.97. The maximum absolute atomic E-state index is 15.4. The van der Waals surface area contributed by atoms with Crippen molar-refractivity contribution in [2.75, 3.05) is 0 Å². The maximum Gasteiger partial charge on any atom is 0.216 e. The van der Waals surface area contributed by atoms with E-state index in [1.54, 1.807) is 6.07 Å². The summed E-state index contributed by atoms with van der Waals surface area (Å²) >= 11 is 0. The molecule has 170 valence electrons. The normalized spacial score (nSPS) is 14.8. The van der Waals surface area contributed by atoms with Crippen LogP contribution in [0.15, 0.2) is 77.3 Å². The van der Waals surface area contributed by atoms with Crippen molar-refractivity contribution in [1.82, 2.24) is 0 Å². The lowest BCUT2D eigenvalue weighted by atomic mass is 9.83. The number of pyridine rings is 1. The molecule has 1 aliphatic rings. The van der Waals surface area contributed by atoms with E-state index >= 15 is 4.39 Å². The van der Waals surface area contributed by atoms with Gasteiger partial charge in [-0.05, 0) is 60.6 Å². The number of fused-ring (bicyclic) bond motifs is 3. The third-order valence-electron chi connectivity index (χ3n) is 7.53. The van der Waals surface area contributed by atoms with E-state index in [1.165, 1.54) is 37.7 Å². The van der Waals surface area contributed by atoms with Crippen molar-refractivity contribution in [2.45, 2.75) is 44.9 Å². The average Bonchev–Trinajstić information content (AvgIpc) is 3.23. The molecule has 0 atom stereocenters. The Morgan fingerprint density at radius 2 is 1.59 bits per heavy atom. The summed E-state index contributed by atoms with van der Waals surface area (Å²) in [5.41, 5.74) is 7.48. The van der Waals surface area contributed by atoms with Crippen molar-refractivity contribution in [1.29, 1.82) is 0 Å². The first kappa shape index (κ1) is 21.1. The first-order valence-electron chi connectivity index (χ1n) is 12.3. The molecule has 0 radical (unpaired) electrons. The van der Waals surface area contributed by atoms with Gasteiger partial charge in [-0.3, -0.25) is 0 Å². The van der Waals surface area contributed by atoms with Gasteiger partial charge in [0, 0.05) is 22.9 Å². The van der Waals surface area contributed by atoms with E-state index in [-0.39, 0.29) is 5.82 Å². The van der Waals surface area contributed by atoms with Crippen LogP contribution in [-0.4, -0.2) is 0 Å². The lowest BCUT2D eigenvalue weighted by Gasteiger charge is -2.22. The van der Waals surface area contributed by atoms with Crippen LogP contribution in [0.4, 0.5) is 4.39 Å². The lowest BCUT2D eigenvalue weighted by molar-refractivity contribution is -0.660. The van der Waals surface area contributed by atoms with Crippen LogP contribution in [0.3, 0.4) is 0 Å². The fraction of sp³-hybridized carbons (Fsp3) is 0.258. The van der Waals surface area contributed by atoms with Gasteiger partial charge >= 0.3 is 0 Å². The Labute approximate surface area is 199 Å². The highest BCUT2D eigenvalue weighted by atomic mass is 19.1. The van der Waals surface area contributed by atoms with Gasteiger partial charge in [0.15, 0.2) is 6.20 Å². The molecule has 2 heterocycles. The summed E-state index contributed by atoms with van der Waals surface area (Å²) in [4.78, 5) is 0. The number of aryl methyl sites for hydroxylation is 2. The number of aromatic nitrogens is 1. The third-order valence-corrected chi connectivity index (χ3v) is 7.53. The molecule has 0 aliphatic heterocycles. The smallest absolute Gasteiger partial charge is 0.216 e. The molecule has 2 nitrogen and oxygen atoms in total. The Bertz CT molecular complexity index is 1520. The molecule has 1 fully saturated rings. The zero-order valence-electron chi connectivity index (χ0n) is 19.8. The van der Waals surface area contributed by atoms with Crippen LogP contribution in [0.5, 0.6) is 0 Å². The van der Waals surface area contributed by atoms with Gasteiger partial charge in [-0.25, -0.2) is 8.96 Å². The predicted molar refractivity (Wildman–Crippen MR) is 136 cm³/mol. The van der Waals surface area contributed by atoms with Crippen LogP contribution < -0.4 is 4.57 Å². The van der Waals surface area contributed by atoms with Crippen molar-refractivity contribution in [3.05, 3.63) is 89.9 Å². The maximum atomic E-state index is 15.4. The number of nitrogens with zero attached hydrogens (tertiary/aromatic N) is 1. The summed E-state index contributed by atoms with van der Waals surface area (Å²) in [6.07, 6.45) is 8.36. The second-order valence-corrected chi connectivity index (χ2v) is 9.69. The molecule has 0 saturated heterocycles. The standard InChI is InChI=1S/C31H29FNO/c1-20-14-15-24-25-16-17-26(32)29(23-12-8-11-22(19-23)21-9-4-3-5-10-21)31(25)34-30(24)28(20)27-13-6-7-18-33(27)2/h6-8,11-19,21H,3-5,9-10H2,1-2H3/q+1. The highest BCUT2D eigenvalue weighted by Gasteiger charge is 2.23. The van der Waals surface area contributed by atoms with Crippen molar-refractivity contribution >= 4 is 21.9 Å². The SMILES string of the molecule is Cc1ccc2c(oc3c(-c4cccc(C5CCCCC5)c4)c(F)ccc32)c1-c1cccc[n+]1C. The number of rotatable bonds is 3. The molecule has 3 aromatic carbocycles. The lowest BCUT2D eigenvalue weighted by Crippen LogP contribution is -2.30. The van der Waals surface area contributed by atoms with Crippen LogP contribution in [-0.2, 0) is 7.05 Å². The highest BCUT2D eigenvalue weighted by molar-refractivity contribution is 6.13. The second kappa shape index (κ2) is 8.39. The highest BCUT2D eigenvalue weighted by Crippen LogP contribution is 2.42. The van der Waals surface area contributed by atoms with Crippen LogP contribution in [0.25, 0.3) is 44.3 Å². The molecule has 34 heavy (non-hydrogen) atoms. The summed E-state index contributed by atoms with van der Waals surface area (Å²) in [6, 6.07) is 22.3. The van der Waals surface area contributed by atoms with E-state index in [2.05, 4.69) is 47.9 Å². The van der Waals surface area contributed by atoms with Gasteiger partial charge in [-0.2, -0.15) is 0 Å². The van der Waals surface area contributed by atoms with E-state index < -0.39 is 0 Å². The summed E-state index contributed by atoms with van der Waals surface area (Å²) in [5.74, 6) is 0.329. The fourth-order valence-corrected chi connectivity index (χ4v) is 5.73. The number of hydrogen-bond acceptors (Lipinski definition) is 1. The number of hydrogen-bond donors (Lipinski definition) is 0. The summed E-state index contributed by atoms with van der Waals surface area (Å²) in [6.45, 7) is 2.10. The Morgan fingerprint density at radius 1 is 0.824 bits per heavy atom. The minimum Gasteiger partial charge on any atom is -0.454 e. The number of halogens is 1. The van der Waals surface area contributed by atoms with Crippen molar-refractivity contribution < 1.29 is 13.4 Å². The molecule has 1 aliphatic carbocycles. The Kier molecular flexibility index (Phi) is 5.21. The molecular formula is C31H29FNO+. The predicted octanol–water partition coefficient (Wildman–Crippen LogP) is 8.24. The molecule has 0 spiro atoms. The quantitative estimate of drug-likeness (QED) is 0.253. The fourth-order valence-electron chi connectivity index (χ4n) is 5.73. The molecular weight excluding hydrogens is 421 g/mol. The van der Waals surface area contributed by atoms with Crippen LogP contribution >= 0.6 is 0 Å². The molecule has 0 N–H and O–H groups in total. The zero-order valence-corrected chi connectivity index (χ0v) is 19.8. The summed E-state index contributed by atoms with van der Waals surface area (Å²) in [7, 11) is 2.04. The van der Waals surface area contributed by atoms with Gasteiger partial charge in [0.1, 0.15) is 24.0 Å². The van der Waals surface area contributed by atoms with E-state index in [0.29, 0.717) is 17.1 Å². The summed E-state index contributed by atoms with van der Waals surface area (Å²) < 4.78 is 24.1. The zero-order chi connectivity index (χ0) is 23.2. The monoisotopic (exact) mass is 450 g/mol. The molecule has 0 bridgehead atoms. The van der Waals surface area contributed by atoms with Crippen LogP contribution in [0.2, 0.25) is 0 Å². The Balaban J connectivity index is 1.59. The topological polar surface area (TPSA) is 17.0 Å². The van der Waals surface area contributed by atoms with Crippen LogP contribution in [0.1, 0.15) is 49.1 Å². The van der Waals surface area contributed by atoms with E-state index in [9.17, 15) is 0 Å². The van der Waals surface area contributed by atoms with Gasteiger partial charge in [0.25, 0.3) is 0 Å². The van der Waals surface area contributed by atoms with Crippen molar-refractivity contribution in [3.63, 3.8) is 0 Å². The second-order valence-electron chi connectivity index (χ2n) is 9.69. The molecule has 0 unspecified atom stereocenters. The van der Waals surface area contributed by atoms with Gasteiger partial charge in [0.2, 0.25) is 5.69 Å². The van der Waals surface area contributed by atoms with E-state index in [0.717, 1.165) is 38.7 Å². The molecule has 3 heteroatoms. The minimum atomic E-state index is -0.240. The largest absolute Gasteiger partial charge is 0.454 e. The van der Waals surface area contributed by atoms with Gasteiger partial charge in [-0.15, -0.1) is 0 Å². The van der Waals surface area contributed by atoms with Gasteiger partial charge in [0.05, 0.1) is 11.1 Å². The number of furan rings is 1. The molecule has 2 aromatic heterocycles. The Morgan fingerprint density at radius 3 is 2.38 bits per heavy atom. The molecule has 6 rings (SSSR count). The van der Waals surface area contributed by atoms with Gasteiger partial charge in [-0.1, -0.05) is 55.7 Å². The van der Waals surface area contributed by atoms with E-state index in [4.69, 9.17) is 4.42 Å². The van der Waals surface area contributed by atoms with Crippen molar-refractivity contribution in [3.8, 4) is 22.4 Å². The number of benzene rings is 3. The average molecular weight is 451 g/mol. The van der Waals surface area contributed by atoms with Crippen molar-refractivity contribution in [2.24, 2.45) is 7.05 Å². The molecule has 5 aromatic rings. The van der Waals surface area contributed by atoms with Gasteiger partial charge < -0.3 is 4.42 Å². The third kappa shape index (κ3) is 3.42. The first-order valence-corrected chi connectivity index (χ1v) is 12.3. The first-order chi connectivity index (χ1) is 16.6. The molecule has 0 amide bonds. The van der Waals surface area contributed by atoms with E-state index in [1.807, 2.05) is 37.5 Å².